The molecule has 0 aliphatic heterocycles. The molecule has 0 bridgehead atoms. The van der Waals surface area contributed by atoms with Crippen LogP contribution < -0.4 is 0 Å². The lowest BCUT2D eigenvalue weighted by molar-refractivity contribution is -0.558. The first-order valence-corrected chi connectivity index (χ1v) is 8.59. The summed E-state index contributed by atoms with van der Waals surface area (Å²) in [6.07, 6.45) is -0.179. The average molecular weight is 350 g/mol. The molecule has 0 spiro atoms. The van der Waals surface area contributed by atoms with Gasteiger partial charge in [0.15, 0.2) is 0 Å². The molecular formula is C18H38O6. The van der Waals surface area contributed by atoms with Crippen molar-refractivity contribution in [2.45, 2.75) is 111 Å². The van der Waals surface area contributed by atoms with Gasteiger partial charge >= 0.3 is 0 Å². The lowest BCUT2D eigenvalue weighted by atomic mass is 9.87. The Morgan fingerprint density at radius 3 is 1.12 bits per heavy atom. The van der Waals surface area contributed by atoms with E-state index < -0.39 is 34.6 Å². The van der Waals surface area contributed by atoms with Crippen LogP contribution in [0.4, 0.5) is 0 Å². The third-order valence-electron chi connectivity index (χ3n) is 3.79. The van der Waals surface area contributed by atoms with Crippen molar-refractivity contribution >= 4 is 0 Å². The number of hydrogen-bond donors (Lipinski definition) is 2. The second-order valence-corrected chi connectivity index (χ2v) is 9.15. The smallest absolute Gasteiger partial charge is 0.235 e. The predicted molar refractivity (Wildman–Crippen MR) is 93.0 cm³/mol. The zero-order chi connectivity index (χ0) is 19.4. The van der Waals surface area contributed by atoms with Gasteiger partial charge in [0.2, 0.25) is 5.79 Å². The monoisotopic (exact) mass is 350 g/mol. The van der Waals surface area contributed by atoms with E-state index in [9.17, 15) is 10.2 Å². The van der Waals surface area contributed by atoms with Crippen molar-refractivity contribution in [1.82, 2.24) is 0 Å². The highest BCUT2D eigenvalue weighted by atomic mass is 17.3. The Morgan fingerprint density at radius 1 is 0.625 bits per heavy atom. The van der Waals surface area contributed by atoms with E-state index in [2.05, 4.69) is 0 Å². The summed E-state index contributed by atoms with van der Waals surface area (Å²) in [5.74, 6) is -1.18. The van der Waals surface area contributed by atoms with Crippen LogP contribution in [-0.4, -0.2) is 39.4 Å². The van der Waals surface area contributed by atoms with Gasteiger partial charge in [-0.05, 0) is 48.5 Å². The maximum atomic E-state index is 9.56. The number of rotatable bonds is 10. The highest BCUT2D eigenvalue weighted by Crippen LogP contribution is 2.38. The molecule has 2 atom stereocenters. The minimum atomic E-state index is -1.18. The molecule has 0 aliphatic carbocycles. The zero-order valence-electron chi connectivity index (χ0n) is 17.1. The lowest BCUT2D eigenvalue weighted by Gasteiger charge is -2.42. The SMILES string of the molecule is CC(O)CC(C)(C)OOC(C)(OOC(C)(C)CC(C)O)C(C)(C)C. The average Bonchev–Trinajstić information content (AvgIpc) is 2.29. The van der Waals surface area contributed by atoms with E-state index in [0.29, 0.717) is 12.8 Å². The molecule has 0 fully saturated rings. The van der Waals surface area contributed by atoms with Crippen LogP contribution >= 0.6 is 0 Å². The van der Waals surface area contributed by atoms with E-state index in [1.54, 1.807) is 20.8 Å². The van der Waals surface area contributed by atoms with E-state index in [4.69, 9.17) is 19.6 Å². The first kappa shape index (κ1) is 23.8. The molecule has 0 heterocycles. The minimum absolute atomic E-state index is 0.418. The Kier molecular flexibility index (Phi) is 8.34. The van der Waals surface area contributed by atoms with Crippen molar-refractivity contribution in [3.63, 3.8) is 0 Å². The van der Waals surface area contributed by atoms with Gasteiger partial charge < -0.3 is 10.2 Å². The number of aliphatic hydroxyl groups excluding tert-OH is 2. The quantitative estimate of drug-likeness (QED) is 0.355. The summed E-state index contributed by atoms with van der Waals surface area (Å²) in [7, 11) is 0. The van der Waals surface area contributed by atoms with Crippen LogP contribution in [0.5, 0.6) is 0 Å². The van der Waals surface area contributed by atoms with Gasteiger partial charge in [0.25, 0.3) is 0 Å². The van der Waals surface area contributed by atoms with Crippen molar-refractivity contribution in [3.05, 3.63) is 0 Å². The molecule has 0 aliphatic rings. The Labute approximate surface area is 147 Å². The molecule has 2 N–H and O–H groups in total. The minimum Gasteiger partial charge on any atom is -0.393 e. The first-order chi connectivity index (χ1) is 10.5. The molecular weight excluding hydrogens is 312 g/mol. The summed E-state index contributed by atoms with van der Waals surface area (Å²) in [6.45, 7) is 18.3. The van der Waals surface area contributed by atoms with E-state index in [-0.39, 0.29) is 0 Å². The fourth-order valence-corrected chi connectivity index (χ4v) is 2.14. The first-order valence-electron chi connectivity index (χ1n) is 8.59. The van der Waals surface area contributed by atoms with Crippen LogP contribution in [0.3, 0.4) is 0 Å². The van der Waals surface area contributed by atoms with Gasteiger partial charge in [0, 0.05) is 18.3 Å². The molecule has 0 amide bonds. The lowest BCUT2D eigenvalue weighted by Crippen LogP contribution is -2.49. The van der Waals surface area contributed by atoms with Crippen molar-refractivity contribution in [1.29, 1.82) is 0 Å². The van der Waals surface area contributed by atoms with Crippen LogP contribution in [0.15, 0.2) is 0 Å². The molecule has 0 radical (unpaired) electrons. The number of aliphatic hydroxyl groups is 2. The Morgan fingerprint density at radius 2 is 0.917 bits per heavy atom. The van der Waals surface area contributed by atoms with Gasteiger partial charge in [0.05, 0.1) is 12.2 Å². The molecule has 0 saturated heterocycles. The molecule has 0 aromatic carbocycles. The maximum absolute atomic E-state index is 9.56. The van der Waals surface area contributed by atoms with Gasteiger partial charge in [-0.15, -0.1) is 0 Å². The van der Waals surface area contributed by atoms with E-state index in [0.717, 1.165) is 0 Å². The van der Waals surface area contributed by atoms with Crippen LogP contribution in [0, 0.1) is 5.41 Å². The van der Waals surface area contributed by atoms with Crippen molar-refractivity contribution in [3.8, 4) is 0 Å². The number of hydrogen-bond acceptors (Lipinski definition) is 6. The summed E-state index contributed by atoms with van der Waals surface area (Å²) in [5, 5.41) is 19.1. The summed E-state index contributed by atoms with van der Waals surface area (Å²) in [6, 6.07) is 0. The van der Waals surface area contributed by atoms with Gasteiger partial charge in [-0.1, -0.05) is 20.8 Å². The Balaban J connectivity index is 4.98. The van der Waals surface area contributed by atoms with Crippen molar-refractivity contribution in [2.75, 3.05) is 0 Å². The third kappa shape index (κ3) is 8.74. The second kappa shape index (κ2) is 8.43. The summed E-state index contributed by atoms with van der Waals surface area (Å²) >= 11 is 0. The van der Waals surface area contributed by atoms with E-state index in [1.807, 2.05) is 48.5 Å². The predicted octanol–water partition coefficient (Wildman–Crippen LogP) is 3.74. The van der Waals surface area contributed by atoms with E-state index in [1.165, 1.54) is 0 Å². The summed E-state index contributed by atoms with van der Waals surface area (Å²) < 4.78 is 0. The second-order valence-electron chi connectivity index (χ2n) is 9.15. The standard InChI is InChI=1S/C18H38O6/c1-13(19)11-16(6,7)21-23-18(10,15(3,4)5)24-22-17(8,9)12-14(2)20/h13-14,19-20H,11-12H2,1-10H3. The highest BCUT2D eigenvalue weighted by Gasteiger charge is 2.45. The topological polar surface area (TPSA) is 77.4 Å². The van der Waals surface area contributed by atoms with Crippen LogP contribution in [0.25, 0.3) is 0 Å². The molecule has 0 saturated carbocycles. The molecule has 6 nitrogen and oxygen atoms in total. The highest BCUT2D eigenvalue weighted by molar-refractivity contribution is 4.79. The normalized spacial score (nSPS) is 19.0. The van der Waals surface area contributed by atoms with Gasteiger partial charge in [-0.2, -0.15) is 9.78 Å². The summed E-state index contributed by atoms with van der Waals surface area (Å²) in [5.41, 5.74) is -1.81. The molecule has 146 valence electrons. The van der Waals surface area contributed by atoms with Gasteiger partial charge in [-0.3, -0.25) is 0 Å². The molecule has 0 aromatic heterocycles. The van der Waals surface area contributed by atoms with Gasteiger partial charge in [-0.25, -0.2) is 9.78 Å². The fourth-order valence-electron chi connectivity index (χ4n) is 2.14. The molecule has 6 heteroatoms. The van der Waals surface area contributed by atoms with Crippen molar-refractivity contribution in [2.24, 2.45) is 5.41 Å². The Bertz CT molecular complexity index is 342. The van der Waals surface area contributed by atoms with Crippen LogP contribution in [0.2, 0.25) is 0 Å². The fraction of sp³-hybridized carbons (Fsp3) is 1.00. The molecule has 0 aromatic rings. The zero-order valence-corrected chi connectivity index (χ0v) is 17.1. The largest absolute Gasteiger partial charge is 0.393 e. The molecule has 2 unspecified atom stereocenters. The van der Waals surface area contributed by atoms with Crippen molar-refractivity contribution < 1.29 is 29.8 Å². The van der Waals surface area contributed by atoms with Gasteiger partial charge in [0.1, 0.15) is 11.2 Å². The summed E-state index contributed by atoms with van der Waals surface area (Å²) in [4.78, 5) is 22.4. The molecule has 24 heavy (non-hydrogen) atoms. The van der Waals surface area contributed by atoms with Crippen LogP contribution in [-0.2, 0) is 19.6 Å². The molecule has 0 rings (SSSR count). The third-order valence-corrected chi connectivity index (χ3v) is 3.79. The van der Waals surface area contributed by atoms with E-state index >= 15 is 0 Å². The maximum Gasteiger partial charge on any atom is 0.235 e. The Hall–Kier alpha value is -0.240. The van der Waals surface area contributed by atoms with Crippen LogP contribution in [0.1, 0.15) is 82.1 Å².